The number of aryl methyl sites for hydroxylation is 1. The third-order valence-electron chi connectivity index (χ3n) is 8.75. The summed E-state index contributed by atoms with van der Waals surface area (Å²) in [5, 5.41) is 3.64. The van der Waals surface area contributed by atoms with Gasteiger partial charge in [0.1, 0.15) is 22.9 Å². The Morgan fingerprint density at radius 3 is 2.48 bits per heavy atom. The zero-order valence-corrected chi connectivity index (χ0v) is 26.5. The smallest absolute Gasteiger partial charge is 0.416 e. The maximum atomic E-state index is 13.9. The van der Waals surface area contributed by atoms with Gasteiger partial charge in [0.25, 0.3) is 11.8 Å². The van der Waals surface area contributed by atoms with E-state index < -0.39 is 17.6 Å². The molecule has 5 aromatic rings. The number of benzene rings is 3. The van der Waals surface area contributed by atoms with Crippen molar-refractivity contribution in [2.45, 2.75) is 24.9 Å². The molecule has 6 rings (SSSR count). The highest BCUT2D eigenvalue weighted by Gasteiger charge is 2.33. The van der Waals surface area contributed by atoms with Gasteiger partial charge in [0.05, 0.1) is 16.8 Å². The second kappa shape index (κ2) is 12.1. The summed E-state index contributed by atoms with van der Waals surface area (Å²) in [6.07, 6.45) is -1.04. The zero-order valence-electron chi connectivity index (χ0n) is 25.7. The molecule has 0 unspecified atom stereocenters. The number of piperidine rings is 1. The molecule has 1 atom stereocenters. The molecule has 2 amide bonds. The summed E-state index contributed by atoms with van der Waals surface area (Å²) in [4.78, 5) is 28.8. The van der Waals surface area contributed by atoms with E-state index in [9.17, 15) is 27.2 Å². The van der Waals surface area contributed by atoms with E-state index >= 15 is 0 Å². The van der Waals surface area contributed by atoms with Crippen molar-refractivity contribution in [3.8, 4) is 11.3 Å². The normalized spacial score (nSPS) is 15.5. The SMILES string of the molecule is CNC(=O)c1c(-c2ccc(F)cc2)oc2cc(N(C)SC)c([C@H]3CCCN(C(=O)c4cc5cc(C(F)(F)F)ccc5n4C)C3)cc12. The number of carbonyl (C=O) groups is 2. The molecule has 1 aliphatic heterocycles. The molecule has 1 fully saturated rings. The fraction of sp³-hybridized carbons (Fsp3) is 0.294. The highest BCUT2D eigenvalue weighted by molar-refractivity contribution is 7.99. The summed E-state index contributed by atoms with van der Waals surface area (Å²) in [7, 11) is 5.14. The van der Waals surface area contributed by atoms with E-state index in [-0.39, 0.29) is 17.7 Å². The van der Waals surface area contributed by atoms with Crippen LogP contribution in [0.15, 0.2) is 65.1 Å². The second-order valence-corrected chi connectivity index (χ2v) is 12.3. The topological polar surface area (TPSA) is 70.7 Å². The lowest BCUT2D eigenvalue weighted by Crippen LogP contribution is -2.40. The van der Waals surface area contributed by atoms with Crippen LogP contribution in [-0.4, -0.2) is 54.7 Å². The summed E-state index contributed by atoms with van der Waals surface area (Å²) in [5.41, 5.74) is 3.28. The molecule has 0 spiro atoms. The molecule has 0 saturated carbocycles. The predicted molar refractivity (Wildman–Crippen MR) is 173 cm³/mol. The van der Waals surface area contributed by atoms with Crippen LogP contribution in [0.4, 0.5) is 23.2 Å². The number of likely N-dealkylation sites (tertiary alicyclic amines) is 1. The molecule has 3 heterocycles. The quantitative estimate of drug-likeness (QED) is 0.150. The van der Waals surface area contributed by atoms with Crippen LogP contribution in [0.3, 0.4) is 0 Å². The fourth-order valence-corrected chi connectivity index (χ4v) is 6.67. The summed E-state index contributed by atoms with van der Waals surface area (Å²) < 4.78 is 63.7. The Morgan fingerprint density at radius 1 is 1.07 bits per heavy atom. The van der Waals surface area contributed by atoms with Gasteiger partial charge in [-0.2, -0.15) is 13.2 Å². The number of halogens is 4. The lowest BCUT2D eigenvalue weighted by Gasteiger charge is -2.35. The van der Waals surface area contributed by atoms with E-state index in [0.717, 1.165) is 29.8 Å². The monoisotopic (exact) mass is 652 g/mol. The molecule has 1 saturated heterocycles. The van der Waals surface area contributed by atoms with Crippen molar-refractivity contribution in [1.29, 1.82) is 0 Å². The van der Waals surface area contributed by atoms with Crippen LogP contribution in [-0.2, 0) is 13.2 Å². The number of alkyl halides is 3. The van der Waals surface area contributed by atoms with Crippen molar-refractivity contribution in [2.75, 3.05) is 37.7 Å². The maximum absolute atomic E-state index is 13.9. The number of nitrogens with one attached hydrogen (secondary N) is 1. The minimum atomic E-state index is -4.48. The third kappa shape index (κ3) is 5.59. The lowest BCUT2D eigenvalue weighted by molar-refractivity contribution is -0.137. The van der Waals surface area contributed by atoms with Gasteiger partial charge in [-0.25, -0.2) is 4.39 Å². The third-order valence-corrected chi connectivity index (χ3v) is 9.49. The molecule has 240 valence electrons. The number of carbonyl (C=O) groups excluding carboxylic acids is 2. The molecule has 1 N–H and O–H groups in total. The lowest BCUT2D eigenvalue weighted by atomic mass is 9.88. The van der Waals surface area contributed by atoms with Gasteiger partial charge in [-0.05, 0) is 73.0 Å². The van der Waals surface area contributed by atoms with Gasteiger partial charge in [0.2, 0.25) is 0 Å². The summed E-state index contributed by atoms with van der Waals surface area (Å²) in [6.45, 7) is 0.886. The average molecular weight is 653 g/mol. The zero-order chi connectivity index (χ0) is 32.9. The van der Waals surface area contributed by atoms with Gasteiger partial charge >= 0.3 is 6.18 Å². The Labute approximate surface area is 267 Å². The van der Waals surface area contributed by atoms with Crippen molar-refractivity contribution in [3.05, 3.63) is 88.9 Å². The van der Waals surface area contributed by atoms with Crippen LogP contribution in [0.1, 0.15) is 50.7 Å². The molecule has 2 aromatic heterocycles. The molecule has 1 aliphatic rings. The number of fused-ring (bicyclic) bond motifs is 2. The number of hydrogen-bond donors (Lipinski definition) is 1. The van der Waals surface area contributed by atoms with E-state index in [4.69, 9.17) is 4.42 Å². The number of furan rings is 1. The Balaban J connectivity index is 1.40. The minimum absolute atomic E-state index is 0.0973. The molecule has 46 heavy (non-hydrogen) atoms. The predicted octanol–water partition coefficient (Wildman–Crippen LogP) is 7.84. The first kappa shape index (κ1) is 31.5. The van der Waals surface area contributed by atoms with Gasteiger partial charge in [-0.15, -0.1) is 0 Å². The van der Waals surface area contributed by atoms with Gasteiger partial charge in [-0.3, -0.25) is 9.59 Å². The Morgan fingerprint density at radius 2 is 1.80 bits per heavy atom. The number of anilines is 1. The summed E-state index contributed by atoms with van der Waals surface area (Å²) >= 11 is 1.50. The van der Waals surface area contributed by atoms with Crippen LogP contribution in [0.2, 0.25) is 0 Å². The van der Waals surface area contributed by atoms with E-state index in [2.05, 4.69) is 5.32 Å². The Hall–Kier alpha value is -4.45. The van der Waals surface area contributed by atoms with Crippen LogP contribution < -0.4 is 9.62 Å². The number of rotatable bonds is 6. The summed E-state index contributed by atoms with van der Waals surface area (Å²) in [5.74, 6) is -0.779. The van der Waals surface area contributed by atoms with Gasteiger partial charge in [0, 0.05) is 74.3 Å². The first-order valence-electron chi connectivity index (χ1n) is 14.7. The first-order valence-corrected chi connectivity index (χ1v) is 15.9. The fourth-order valence-electron chi connectivity index (χ4n) is 6.31. The van der Waals surface area contributed by atoms with Crippen molar-refractivity contribution in [2.24, 2.45) is 7.05 Å². The van der Waals surface area contributed by atoms with Crippen LogP contribution >= 0.6 is 11.9 Å². The molecule has 0 bridgehead atoms. The van der Waals surface area contributed by atoms with Crippen LogP contribution in [0.25, 0.3) is 33.2 Å². The standard InChI is InChI=1S/C34H32F4N4O3S/c1-39-32(43)30-25-16-24(27(41(3)46-4)17-29(25)45-31(30)19-7-10-23(35)11-8-19)20-6-5-13-42(18-20)33(44)28-15-21-14-22(34(36,37)38)9-12-26(21)40(28)2/h7-12,14-17,20H,5-6,13,18H2,1-4H3,(H,39,43)/t20-/m0/s1. The molecule has 0 radical (unpaired) electrons. The Kier molecular flexibility index (Phi) is 8.26. The van der Waals surface area contributed by atoms with E-state index in [1.165, 1.54) is 43.3 Å². The Bertz CT molecular complexity index is 1970. The van der Waals surface area contributed by atoms with Crippen molar-refractivity contribution in [3.63, 3.8) is 0 Å². The van der Waals surface area contributed by atoms with E-state index in [1.807, 2.05) is 29.7 Å². The van der Waals surface area contributed by atoms with E-state index in [1.54, 1.807) is 28.6 Å². The highest BCUT2D eigenvalue weighted by atomic mass is 32.2. The largest absolute Gasteiger partial charge is 0.455 e. The van der Waals surface area contributed by atoms with Crippen LogP contribution in [0.5, 0.6) is 0 Å². The molecular formula is C34H32F4N4O3S. The second-order valence-electron chi connectivity index (χ2n) is 11.4. The van der Waals surface area contributed by atoms with E-state index in [0.29, 0.717) is 64.0 Å². The molecule has 7 nitrogen and oxygen atoms in total. The van der Waals surface area contributed by atoms with Gasteiger partial charge in [-0.1, -0.05) is 11.9 Å². The molecule has 3 aromatic carbocycles. The highest BCUT2D eigenvalue weighted by Crippen LogP contribution is 2.42. The maximum Gasteiger partial charge on any atom is 0.416 e. The first-order chi connectivity index (χ1) is 21.9. The summed E-state index contributed by atoms with van der Waals surface area (Å²) in [6, 6.07) is 14.6. The average Bonchev–Trinajstić information content (AvgIpc) is 3.60. The number of amides is 2. The molecule has 12 heteroatoms. The molecule has 0 aliphatic carbocycles. The number of aromatic nitrogens is 1. The van der Waals surface area contributed by atoms with Crippen molar-refractivity contribution < 1.29 is 31.6 Å². The van der Waals surface area contributed by atoms with Crippen LogP contribution in [0, 0.1) is 5.82 Å². The number of hydrogen-bond acceptors (Lipinski definition) is 5. The van der Waals surface area contributed by atoms with Gasteiger partial charge in [0.15, 0.2) is 0 Å². The van der Waals surface area contributed by atoms with Crippen molar-refractivity contribution in [1.82, 2.24) is 14.8 Å². The van der Waals surface area contributed by atoms with Crippen molar-refractivity contribution >= 4 is 51.3 Å². The molecular weight excluding hydrogens is 620 g/mol. The van der Waals surface area contributed by atoms with Gasteiger partial charge < -0.3 is 23.5 Å². The number of nitrogens with zero attached hydrogens (tertiary/aromatic N) is 3. The minimum Gasteiger partial charge on any atom is -0.455 e.